The first-order valence-corrected chi connectivity index (χ1v) is 11.2. The van der Waals surface area contributed by atoms with E-state index in [9.17, 15) is 14.0 Å². The SMILES string of the molecule is [C-]#[N+]c1ncc(N2C(=O)C3(CCCC(C)C3)N(c3ccc(C(=O)NC)c(F)c3)C2=S)cc1C. The number of hydrogen-bond acceptors (Lipinski definition) is 4. The van der Waals surface area contributed by atoms with Gasteiger partial charge in [-0.05, 0) is 67.7 Å². The standard InChI is InChI=1S/C24H24FN5O2S/c1-14-6-5-9-24(12-14)22(32)29(17-10-15(2)20(26-3)28-13-17)23(33)30(24)16-7-8-18(19(25)11-16)21(31)27-4/h7-8,10-11,13-14H,5-6,9,12H2,1-2,4H3,(H,27,31). The van der Waals surface area contributed by atoms with Gasteiger partial charge in [0.2, 0.25) is 0 Å². The van der Waals surface area contributed by atoms with Crippen molar-refractivity contribution in [1.29, 1.82) is 0 Å². The third kappa shape index (κ3) is 3.64. The summed E-state index contributed by atoms with van der Waals surface area (Å²) in [5.41, 5.74) is 0.538. The highest BCUT2D eigenvalue weighted by Gasteiger charge is 2.57. The van der Waals surface area contributed by atoms with E-state index >= 15 is 0 Å². The summed E-state index contributed by atoms with van der Waals surface area (Å²) >= 11 is 5.79. The van der Waals surface area contributed by atoms with Crippen LogP contribution in [0.3, 0.4) is 0 Å². The number of hydrogen-bond donors (Lipinski definition) is 1. The van der Waals surface area contributed by atoms with Crippen molar-refractivity contribution in [3.8, 4) is 0 Å². The van der Waals surface area contributed by atoms with Crippen molar-refractivity contribution in [2.24, 2.45) is 5.92 Å². The van der Waals surface area contributed by atoms with E-state index in [4.69, 9.17) is 18.8 Å². The molecule has 2 unspecified atom stereocenters. The Morgan fingerprint density at radius 3 is 2.73 bits per heavy atom. The molecule has 1 aliphatic heterocycles. The Kier molecular flexibility index (Phi) is 5.89. The lowest BCUT2D eigenvalue weighted by atomic mass is 9.75. The quantitative estimate of drug-likeness (QED) is 0.533. The molecule has 2 amide bonds. The number of pyridine rings is 1. The van der Waals surface area contributed by atoms with Crippen LogP contribution in [-0.4, -0.2) is 34.5 Å². The maximum Gasteiger partial charge on any atom is 0.272 e. The van der Waals surface area contributed by atoms with Crippen LogP contribution in [0.2, 0.25) is 0 Å². The third-order valence-electron chi connectivity index (χ3n) is 6.47. The predicted molar refractivity (Wildman–Crippen MR) is 128 cm³/mol. The molecule has 1 saturated heterocycles. The topological polar surface area (TPSA) is 69.9 Å². The first kappa shape index (κ1) is 22.8. The minimum atomic E-state index is -0.942. The van der Waals surface area contributed by atoms with E-state index in [0.29, 0.717) is 29.8 Å². The summed E-state index contributed by atoms with van der Waals surface area (Å²) in [5.74, 6) is -0.832. The van der Waals surface area contributed by atoms with Gasteiger partial charge in [0.25, 0.3) is 17.6 Å². The van der Waals surface area contributed by atoms with Crippen molar-refractivity contribution in [3.63, 3.8) is 0 Å². The van der Waals surface area contributed by atoms with Gasteiger partial charge in [-0.1, -0.05) is 26.3 Å². The fraction of sp³-hybridized carbons (Fsp3) is 0.375. The first-order chi connectivity index (χ1) is 15.7. The van der Waals surface area contributed by atoms with Crippen LogP contribution in [0.1, 0.15) is 48.5 Å². The molecular weight excluding hydrogens is 441 g/mol. The number of benzene rings is 1. The van der Waals surface area contributed by atoms with Gasteiger partial charge in [-0.2, -0.15) is 0 Å². The number of anilines is 2. The van der Waals surface area contributed by atoms with Crippen molar-refractivity contribution in [1.82, 2.24) is 10.3 Å². The van der Waals surface area contributed by atoms with E-state index in [2.05, 4.69) is 22.1 Å². The molecule has 2 aliphatic rings. The Hall–Kier alpha value is -3.38. The van der Waals surface area contributed by atoms with Crippen molar-refractivity contribution < 1.29 is 14.0 Å². The number of carbonyl (C=O) groups excluding carboxylic acids is 2. The van der Waals surface area contributed by atoms with E-state index in [0.717, 1.165) is 12.8 Å². The monoisotopic (exact) mass is 465 g/mol. The molecule has 1 N–H and O–H groups in total. The molecule has 1 aliphatic carbocycles. The number of amides is 2. The van der Waals surface area contributed by atoms with E-state index in [1.807, 2.05) is 0 Å². The predicted octanol–water partition coefficient (Wildman–Crippen LogP) is 4.53. The molecule has 1 aromatic carbocycles. The zero-order valence-corrected chi connectivity index (χ0v) is 19.5. The van der Waals surface area contributed by atoms with Gasteiger partial charge >= 0.3 is 0 Å². The lowest BCUT2D eigenvalue weighted by molar-refractivity contribution is -0.122. The Labute approximate surface area is 197 Å². The van der Waals surface area contributed by atoms with Gasteiger partial charge in [0.15, 0.2) is 5.11 Å². The van der Waals surface area contributed by atoms with Gasteiger partial charge < -0.3 is 15.1 Å². The summed E-state index contributed by atoms with van der Waals surface area (Å²) in [4.78, 5) is 36.7. The van der Waals surface area contributed by atoms with E-state index in [-0.39, 0.29) is 28.3 Å². The molecule has 2 fully saturated rings. The Balaban J connectivity index is 1.84. The molecule has 1 spiro atoms. The highest BCUT2D eigenvalue weighted by atomic mass is 32.1. The highest BCUT2D eigenvalue weighted by molar-refractivity contribution is 7.81. The lowest BCUT2D eigenvalue weighted by Gasteiger charge is -2.41. The normalized spacial score (nSPS) is 22.6. The second kappa shape index (κ2) is 8.52. The molecule has 0 radical (unpaired) electrons. The van der Waals surface area contributed by atoms with Gasteiger partial charge in [0, 0.05) is 12.7 Å². The second-order valence-electron chi connectivity index (χ2n) is 8.68. The number of carbonyl (C=O) groups is 2. The zero-order chi connectivity index (χ0) is 23.9. The molecule has 7 nitrogen and oxygen atoms in total. The fourth-order valence-corrected chi connectivity index (χ4v) is 5.40. The molecular formula is C24H24FN5O2S. The van der Waals surface area contributed by atoms with E-state index in [1.54, 1.807) is 24.0 Å². The van der Waals surface area contributed by atoms with Crippen LogP contribution in [0.25, 0.3) is 4.85 Å². The number of aryl methyl sites for hydroxylation is 1. The Morgan fingerprint density at radius 2 is 2.12 bits per heavy atom. The number of nitrogens with zero attached hydrogens (tertiary/aromatic N) is 4. The second-order valence-corrected chi connectivity index (χ2v) is 9.05. The van der Waals surface area contributed by atoms with Crippen LogP contribution in [-0.2, 0) is 4.79 Å². The van der Waals surface area contributed by atoms with Gasteiger partial charge in [-0.3, -0.25) is 14.5 Å². The van der Waals surface area contributed by atoms with Crippen LogP contribution < -0.4 is 15.1 Å². The van der Waals surface area contributed by atoms with Crippen LogP contribution in [0, 0.1) is 25.2 Å². The first-order valence-electron chi connectivity index (χ1n) is 10.8. The summed E-state index contributed by atoms with van der Waals surface area (Å²) < 4.78 is 14.9. The molecule has 9 heteroatoms. The van der Waals surface area contributed by atoms with E-state index < -0.39 is 17.3 Å². The molecule has 2 heterocycles. The number of halogens is 1. The van der Waals surface area contributed by atoms with Crippen molar-refractivity contribution in [3.05, 3.63) is 58.8 Å². The van der Waals surface area contributed by atoms with Crippen molar-refractivity contribution in [2.75, 3.05) is 16.8 Å². The summed E-state index contributed by atoms with van der Waals surface area (Å²) in [7, 11) is 1.44. The maximum absolute atomic E-state index is 14.9. The summed E-state index contributed by atoms with van der Waals surface area (Å²) in [5, 5.41) is 2.66. The van der Waals surface area contributed by atoms with Gasteiger partial charge in [0.05, 0.1) is 11.3 Å². The number of aromatic nitrogens is 1. The molecule has 1 aromatic heterocycles. The van der Waals surface area contributed by atoms with Gasteiger partial charge in [-0.15, -0.1) is 4.98 Å². The summed E-state index contributed by atoms with van der Waals surface area (Å²) in [6.07, 6.45) is 4.47. The molecule has 2 atom stereocenters. The van der Waals surface area contributed by atoms with Crippen LogP contribution in [0.5, 0.6) is 0 Å². The minimum Gasteiger partial charge on any atom is -0.360 e. The largest absolute Gasteiger partial charge is 0.360 e. The number of thiocarbonyl (C=S) groups is 1. The van der Waals surface area contributed by atoms with Crippen LogP contribution in [0.4, 0.5) is 21.6 Å². The third-order valence-corrected chi connectivity index (χ3v) is 6.83. The van der Waals surface area contributed by atoms with Crippen LogP contribution >= 0.6 is 12.2 Å². The summed E-state index contributed by atoms with van der Waals surface area (Å²) in [6.45, 7) is 11.1. The summed E-state index contributed by atoms with van der Waals surface area (Å²) in [6, 6.07) is 6.03. The Morgan fingerprint density at radius 1 is 1.36 bits per heavy atom. The number of nitrogens with one attached hydrogen (secondary N) is 1. The molecule has 33 heavy (non-hydrogen) atoms. The van der Waals surface area contributed by atoms with Gasteiger partial charge in [0.1, 0.15) is 17.6 Å². The van der Waals surface area contributed by atoms with E-state index in [1.165, 1.54) is 30.3 Å². The zero-order valence-electron chi connectivity index (χ0n) is 18.7. The lowest BCUT2D eigenvalue weighted by Crippen LogP contribution is -2.52. The maximum atomic E-state index is 14.9. The molecule has 1 saturated carbocycles. The molecule has 4 rings (SSSR count). The minimum absolute atomic E-state index is 0.0739. The average Bonchev–Trinajstić information content (AvgIpc) is 2.98. The smallest absolute Gasteiger partial charge is 0.272 e. The average molecular weight is 466 g/mol. The van der Waals surface area contributed by atoms with Crippen molar-refractivity contribution in [2.45, 2.75) is 45.1 Å². The number of rotatable bonds is 3. The molecule has 2 aromatic rings. The van der Waals surface area contributed by atoms with Crippen LogP contribution in [0.15, 0.2) is 30.5 Å². The van der Waals surface area contributed by atoms with Crippen molar-refractivity contribution >= 4 is 46.3 Å². The Bertz CT molecular complexity index is 1210. The fourth-order valence-electron chi connectivity index (χ4n) is 4.93. The molecule has 0 bridgehead atoms. The highest BCUT2D eigenvalue weighted by Crippen LogP contribution is 2.46. The van der Waals surface area contributed by atoms with Gasteiger partial charge in [-0.25, -0.2) is 4.39 Å². The molecule has 170 valence electrons.